The Bertz CT molecular complexity index is 1040. The highest BCUT2D eigenvalue weighted by Gasteiger charge is 2.28. The normalized spacial score (nSPS) is 19.4. The summed E-state index contributed by atoms with van der Waals surface area (Å²) in [6.07, 6.45) is 3.15. The van der Waals surface area contributed by atoms with Gasteiger partial charge in [-0.1, -0.05) is 26.7 Å². The van der Waals surface area contributed by atoms with Gasteiger partial charge in [0.1, 0.15) is 5.82 Å². The Morgan fingerprint density at radius 3 is 2.43 bits per heavy atom. The van der Waals surface area contributed by atoms with Gasteiger partial charge in [-0.15, -0.1) is 0 Å². The lowest BCUT2D eigenvalue weighted by Gasteiger charge is -2.34. The zero-order valence-electron chi connectivity index (χ0n) is 20.1. The van der Waals surface area contributed by atoms with E-state index < -0.39 is 17.7 Å². The first-order valence-corrected chi connectivity index (χ1v) is 11.6. The lowest BCUT2D eigenvalue weighted by atomic mass is 9.78. The highest BCUT2D eigenvalue weighted by Crippen LogP contribution is 2.30. The number of carbonyl (C=O) groups is 3. The molecule has 35 heavy (non-hydrogen) atoms. The number of hydrogen-bond acceptors (Lipinski definition) is 6. The fourth-order valence-electron chi connectivity index (χ4n) is 4.04. The summed E-state index contributed by atoms with van der Waals surface area (Å²) < 4.78 is 28.9. The van der Waals surface area contributed by atoms with Crippen molar-refractivity contribution >= 4 is 23.5 Å². The summed E-state index contributed by atoms with van der Waals surface area (Å²) in [4.78, 5) is 36.8. The van der Waals surface area contributed by atoms with Crippen LogP contribution < -0.4 is 20.1 Å². The van der Waals surface area contributed by atoms with Crippen LogP contribution in [0.25, 0.3) is 0 Å². The van der Waals surface area contributed by atoms with Gasteiger partial charge in [-0.2, -0.15) is 0 Å². The van der Waals surface area contributed by atoms with Crippen molar-refractivity contribution < 1.29 is 33.0 Å². The zero-order chi connectivity index (χ0) is 25.4. The number of rotatable bonds is 9. The van der Waals surface area contributed by atoms with Crippen molar-refractivity contribution in [3.05, 3.63) is 53.8 Å². The molecule has 1 aliphatic carbocycles. The topological polar surface area (TPSA) is 103 Å². The summed E-state index contributed by atoms with van der Waals surface area (Å²) in [7, 11) is 1.40. The molecule has 3 rings (SSSR count). The van der Waals surface area contributed by atoms with Crippen LogP contribution in [0, 0.1) is 17.7 Å². The second-order valence-electron chi connectivity index (χ2n) is 8.73. The second-order valence-corrected chi connectivity index (χ2v) is 8.73. The van der Waals surface area contributed by atoms with Crippen molar-refractivity contribution in [2.75, 3.05) is 25.6 Å². The van der Waals surface area contributed by atoms with E-state index in [1.165, 1.54) is 49.6 Å². The summed E-state index contributed by atoms with van der Waals surface area (Å²) in [5.74, 6) is -0.476. The van der Waals surface area contributed by atoms with E-state index in [1.807, 2.05) is 0 Å². The molecule has 0 unspecified atom stereocenters. The van der Waals surface area contributed by atoms with Gasteiger partial charge in [0.15, 0.2) is 24.7 Å². The Hall–Kier alpha value is -3.62. The fourth-order valence-corrected chi connectivity index (χ4v) is 4.04. The molecule has 2 N–H and O–H groups in total. The summed E-state index contributed by atoms with van der Waals surface area (Å²) in [5, 5.41) is 5.55. The quantitative estimate of drug-likeness (QED) is 0.521. The predicted octanol–water partition coefficient (Wildman–Crippen LogP) is 3.95. The number of ether oxygens (including phenoxy) is 3. The lowest BCUT2D eigenvalue weighted by molar-refractivity contribution is -0.125. The van der Waals surface area contributed by atoms with Crippen LogP contribution in [-0.2, 0) is 14.3 Å². The first-order valence-electron chi connectivity index (χ1n) is 11.6. The number of benzene rings is 2. The van der Waals surface area contributed by atoms with Gasteiger partial charge in [0.2, 0.25) is 0 Å². The van der Waals surface area contributed by atoms with Crippen molar-refractivity contribution in [3.63, 3.8) is 0 Å². The van der Waals surface area contributed by atoms with Crippen LogP contribution in [0.5, 0.6) is 11.5 Å². The van der Waals surface area contributed by atoms with E-state index in [1.54, 1.807) is 0 Å². The van der Waals surface area contributed by atoms with Crippen molar-refractivity contribution in [3.8, 4) is 11.5 Å². The van der Waals surface area contributed by atoms with Crippen molar-refractivity contribution in [1.82, 2.24) is 5.32 Å². The molecule has 0 spiro atoms. The molecule has 0 radical (unpaired) electrons. The predicted molar refractivity (Wildman–Crippen MR) is 128 cm³/mol. The highest BCUT2D eigenvalue weighted by atomic mass is 19.1. The van der Waals surface area contributed by atoms with E-state index in [9.17, 15) is 18.8 Å². The Balaban J connectivity index is 1.50. The van der Waals surface area contributed by atoms with Gasteiger partial charge in [-0.25, -0.2) is 9.18 Å². The number of amides is 2. The third-order valence-electron chi connectivity index (χ3n) is 6.27. The molecule has 1 fully saturated rings. The number of anilines is 1. The molecule has 3 atom stereocenters. The van der Waals surface area contributed by atoms with Gasteiger partial charge in [-0.3, -0.25) is 9.59 Å². The van der Waals surface area contributed by atoms with E-state index in [4.69, 9.17) is 14.2 Å². The van der Waals surface area contributed by atoms with Gasteiger partial charge in [0.05, 0.1) is 12.7 Å². The van der Waals surface area contributed by atoms with Gasteiger partial charge >= 0.3 is 5.97 Å². The Morgan fingerprint density at radius 1 is 0.971 bits per heavy atom. The Labute approximate surface area is 204 Å². The van der Waals surface area contributed by atoms with E-state index in [2.05, 4.69) is 24.5 Å². The number of hydrogen-bond donors (Lipinski definition) is 2. The van der Waals surface area contributed by atoms with E-state index in [-0.39, 0.29) is 42.2 Å². The van der Waals surface area contributed by atoms with Gasteiger partial charge in [0.25, 0.3) is 11.8 Å². The summed E-state index contributed by atoms with van der Waals surface area (Å²) >= 11 is 0. The number of nitrogens with one attached hydrogen (secondary N) is 2. The van der Waals surface area contributed by atoms with Gasteiger partial charge in [-0.05, 0) is 60.7 Å². The molecule has 1 aliphatic rings. The number of halogens is 1. The van der Waals surface area contributed by atoms with Crippen molar-refractivity contribution in [1.29, 1.82) is 0 Å². The molecule has 0 aromatic heterocycles. The third kappa shape index (κ3) is 7.43. The minimum atomic E-state index is -0.677. The summed E-state index contributed by atoms with van der Waals surface area (Å²) in [5.41, 5.74) is 0.610. The van der Waals surface area contributed by atoms with Crippen LogP contribution in [0.15, 0.2) is 42.5 Å². The number of carbonyl (C=O) groups excluding carboxylic acids is 3. The van der Waals surface area contributed by atoms with Crippen LogP contribution in [0.3, 0.4) is 0 Å². The number of methoxy groups -OCH3 is 1. The van der Waals surface area contributed by atoms with Crippen molar-refractivity contribution in [2.24, 2.45) is 11.8 Å². The second kappa shape index (κ2) is 12.2. The average Bonchev–Trinajstić information content (AvgIpc) is 2.85. The van der Waals surface area contributed by atoms with E-state index >= 15 is 0 Å². The molecule has 2 aromatic rings. The van der Waals surface area contributed by atoms with Crippen molar-refractivity contribution in [2.45, 2.75) is 39.2 Å². The highest BCUT2D eigenvalue weighted by molar-refractivity contribution is 5.93. The number of esters is 1. The van der Waals surface area contributed by atoms with Crippen LogP contribution in [0.1, 0.15) is 43.5 Å². The summed E-state index contributed by atoms with van der Waals surface area (Å²) in [6, 6.07) is 9.78. The van der Waals surface area contributed by atoms with E-state index in [0.717, 1.165) is 19.3 Å². The Kier molecular flexibility index (Phi) is 9.05. The molecule has 8 nitrogen and oxygen atoms in total. The molecule has 2 amide bonds. The molecule has 0 heterocycles. The first-order chi connectivity index (χ1) is 16.8. The largest absolute Gasteiger partial charge is 0.493 e. The van der Waals surface area contributed by atoms with Crippen LogP contribution in [0.4, 0.5) is 10.1 Å². The third-order valence-corrected chi connectivity index (χ3v) is 6.27. The van der Waals surface area contributed by atoms with Crippen LogP contribution in [0.2, 0.25) is 0 Å². The summed E-state index contributed by atoms with van der Waals surface area (Å²) in [6.45, 7) is 3.61. The van der Waals surface area contributed by atoms with Gasteiger partial charge in [0, 0.05) is 11.7 Å². The fraction of sp³-hybridized carbons (Fsp3) is 0.423. The molecule has 188 valence electrons. The molecule has 1 saturated carbocycles. The minimum Gasteiger partial charge on any atom is -0.493 e. The standard InChI is InChI=1S/C26H31FN2O6/c1-16-5-4-6-21(17(16)2)29-25(31)15-35-26(32)18-7-12-22(23(13-18)33-3)34-14-24(30)28-20-10-8-19(27)9-11-20/h7-13,16-17,21H,4-6,14-15H2,1-3H3,(H,28,30)(H,29,31)/t16-,17+,21+/m1/s1. The van der Waals surface area contributed by atoms with E-state index in [0.29, 0.717) is 17.5 Å². The molecule has 0 bridgehead atoms. The lowest BCUT2D eigenvalue weighted by Crippen LogP contribution is -2.45. The molecular formula is C26H31FN2O6. The first kappa shape index (κ1) is 26.0. The maximum atomic E-state index is 13.0. The minimum absolute atomic E-state index is 0.0849. The SMILES string of the molecule is COc1cc(C(=O)OCC(=O)N[C@H]2CCC[C@@H](C)[C@@H]2C)ccc1OCC(=O)Nc1ccc(F)cc1. The maximum Gasteiger partial charge on any atom is 0.338 e. The average molecular weight is 487 g/mol. The smallest absolute Gasteiger partial charge is 0.338 e. The van der Waals surface area contributed by atoms with Crippen LogP contribution >= 0.6 is 0 Å². The molecule has 0 saturated heterocycles. The molecule has 2 aromatic carbocycles. The Morgan fingerprint density at radius 2 is 1.71 bits per heavy atom. The molecule has 0 aliphatic heterocycles. The molecule has 9 heteroatoms. The zero-order valence-corrected chi connectivity index (χ0v) is 20.1. The van der Waals surface area contributed by atoms with Gasteiger partial charge < -0.3 is 24.8 Å². The maximum absolute atomic E-state index is 13.0. The van der Waals surface area contributed by atoms with Crippen LogP contribution in [-0.4, -0.2) is 44.1 Å². The molecular weight excluding hydrogens is 455 g/mol. The monoisotopic (exact) mass is 486 g/mol.